The normalized spacial score (nSPS) is 14.8. The van der Waals surface area contributed by atoms with Crippen molar-refractivity contribution in [3.8, 4) is 5.88 Å². The van der Waals surface area contributed by atoms with E-state index in [4.69, 9.17) is 12.2 Å². The van der Waals surface area contributed by atoms with Crippen molar-refractivity contribution in [3.05, 3.63) is 44.6 Å². The van der Waals surface area contributed by atoms with E-state index in [1.54, 1.807) is 31.6 Å². The highest BCUT2D eigenvalue weighted by molar-refractivity contribution is 7.71. The summed E-state index contributed by atoms with van der Waals surface area (Å²) in [6.07, 6.45) is 4.83. The van der Waals surface area contributed by atoms with Crippen molar-refractivity contribution in [2.24, 2.45) is 12.0 Å². The molecular weight excluding hydrogens is 276 g/mol. The summed E-state index contributed by atoms with van der Waals surface area (Å²) in [5, 5.41) is 10.0. The lowest BCUT2D eigenvalue weighted by Crippen LogP contribution is -2.15. The van der Waals surface area contributed by atoms with Crippen LogP contribution in [0.4, 0.5) is 5.82 Å². The van der Waals surface area contributed by atoms with E-state index in [0.29, 0.717) is 11.4 Å². The molecule has 0 radical (unpaired) electrons. The Balaban J connectivity index is 2.21. The molecule has 3 heterocycles. The van der Waals surface area contributed by atoms with Crippen molar-refractivity contribution in [2.75, 3.05) is 0 Å². The van der Waals surface area contributed by atoms with Crippen LogP contribution in [0.3, 0.4) is 0 Å². The van der Waals surface area contributed by atoms with Gasteiger partial charge in [-0.15, -0.1) is 0 Å². The van der Waals surface area contributed by atoms with Crippen LogP contribution in [0.1, 0.15) is 11.1 Å². The fourth-order valence-electron chi connectivity index (χ4n) is 1.95. The van der Waals surface area contributed by atoms with Crippen LogP contribution in [-0.2, 0) is 7.05 Å². The molecule has 0 spiro atoms. The molecule has 20 heavy (non-hydrogen) atoms. The molecule has 100 valence electrons. The van der Waals surface area contributed by atoms with Crippen LogP contribution in [0, 0.1) is 4.77 Å². The number of nitrogens with one attached hydrogen (secondary N) is 1. The summed E-state index contributed by atoms with van der Waals surface area (Å²) >= 11 is 4.92. The van der Waals surface area contributed by atoms with Gasteiger partial charge in [-0.1, -0.05) is 0 Å². The average molecular weight is 286 g/mol. The third-order valence-corrected chi connectivity index (χ3v) is 3.43. The first kappa shape index (κ1) is 12.5. The number of rotatable bonds is 1. The molecular formula is C13H10N4O2S. The van der Waals surface area contributed by atoms with E-state index in [-0.39, 0.29) is 16.2 Å². The lowest BCUT2D eigenvalue weighted by atomic mass is 10.1. The molecule has 6 nitrogen and oxygen atoms in total. The Bertz CT molecular complexity index is 877. The van der Waals surface area contributed by atoms with E-state index in [1.165, 1.54) is 4.57 Å². The Morgan fingerprint density at radius 2 is 2.30 bits per heavy atom. The van der Waals surface area contributed by atoms with Gasteiger partial charge in [0.1, 0.15) is 5.56 Å². The maximum Gasteiger partial charge on any atom is 0.262 e. The molecule has 0 atom stereocenters. The largest absolute Gasteiger partial charge is 0.494 e. The molecule has 3 rings (SSSR count). The van der Waals surface area contributed by atoms with Crippen molar-refractivity contribution in [1.29, 1.82) is 0 Å². The molecule has 2 aromatic heterocycles. The standard InChI is InChI=1S/C13H10N4O2S/c1-17-12(19)9(11(18)16-13(17)20)5-7-6-15-10-8(7)3-2-4-14-10/h2-6,19H,1H3,(H,16,18,20)/b7-5-. The van der Waals surface area contributed by atoms with Gasteiger partial charge in [0.05, 0.1) is 0 Å². The highest BCUT2D eigenvalue weighted by Crippen LogP contribution is 2.30. The van der Waals surface area contributed by atoms with Gasteiger partial charge < -0.3 is 5.11 Å². The highest BCUT2D eigenvalue weighted by atomic mass is 32.1. The van der Waals surface area contributed by atoms with Gasteiger partial charge in [-0.05, 0) is 30.4 Å². The second kappa shape index (κ2) is 4.53. The summed E-state index contributed by atoms with van der Waals surface area (Å²) < 4.78 is 1.50. The Morgan fingerprint density at radius 3 is 3.10 bits per heavy atom. The quantitative estimate of drug-likeness (QED) is 0.783. The number of allylic oxidation sites excluding steroid dienone is 1. The minimum Gasteiger partial charge on any atom is -0.494 e. The summed E-state index contributed by atoms with van der Waals surface area (Å²) in [6, 6.07) is 3.64. The Labute approximate surface area is 118 Å². The maximum absolute atomic E-state index is 11.9. The molecule has 0 saturated carbocycles. The zero-order chi connectivity index (χ0) is 14.3. The van der Waals surface area contributed by atoms with Gasteiger partial charge in [0, 0.05) is 30.6 Å². The van der Waals surface area contributed by atoms with Crippen molar-refractivity contribution in [1.82, 2.24) is 14.5 Å². The van der Waals surface area contributed by atoms with Crippen LogP contribution in [0.2, 0.25) is 0 Å². The van der Waals surface area contributed by atoms with Crippen LogP contribution in [0.25, 0.3) is 11.6 Å². The zero-order valence-corrected chi connectivity index (χ0v) is 11.3. The van der Waals surface area contributed by atoms with Gasteiger partial charge in [-0.25, -0.2) is 9.98 Å². The topological polar surface area (TPSA) is 83.3 Å². The lowest BCUT2D eigenvalue weighted by Gasteiger charge is -2.06. The summed E-state index contributed by atoms with van der Waals surface area (Å²) in [6.45, 7) is 0. The molecule has 2 N–H and O–H groups in total. The van der Waals surface area contributed by atoms with Crippen molar-refractivity contribution >= 4 is 35.9 Å². The van der Waals surface area contributed by atoms with Gasteiger partial charge in [0.25, 0.3) is 5.56 Å². The number of pyridine rings is 1. The number of aliphatic imine (C=N–C) groups is 1. The molecule has 0 aromatic carbocycles. The molecule has 2 aromatic rings. The summed E-state index contributed by atoms with van der Waals surface area (Å²) in [4.78, 5) is 22.7. The molecule has 7 heteroatoms. The molecule has 1 aliphatic heterocycles. The number of aromatic nitrogens is 3. The second-order valence-electron chi connectivity index (χ2n) is 4.29. The second-order valence-corrected chi connectivity index (χ2v) is 4.67. The van der Waals surface area contributed by atoms with Crippen LogP contribution in [0.5, 0.6) is 5.88 Å². The number of hydrogen-bond donors (Lipinski definition) is 2. The molecule has 1 aliphatic rings. The minimum atomic E-state index is -0.441. The van der Waals surface area contributed by atoms with E-state index in [9.17, 15) is 9.90 Å². The van der Waals surface area contributed by atoms with Crippen LogP contribution in [-0.4, -0.2) is 25.9 Å². The number of aromatic hydroxyl groups is 1. The summed E-state index contributed by atoms with van der Waals surface area (Å²) in [7, 11) is 1.58. The smallest absolute Gasteiger partial charge is 0.262 e. The Hall–Kier alpha value is -2.54. The first-order valence-electron chi connectivity index (χ1n) is 5.81. The van der Waals surface area contributed by atoms with E-state index in [1.807, 2.05) is 6.07 Å². The third kappa shape index (κ3) is 1.88. The fourth-order valence-corrected chi connectivity index (χ4v) is 2.13. The SMILES string of the molecule is Cn1c(O)c(/C=C2/C=Nc3ncccc32)c(=O)[nH]c1=S. The molecule has 0 fully saturated rings. The predicted molar refractivity (Wildman–Crippen MR) is 78.8 cm³/mol. The van der Waals surface area contributed by atoms with Gasteiger partial charge in [-0.2, -0.15) is 0 Å². The van der Waals surface area contributed by atoms with Crippen molar-refractivity contribution in [3.63, 3.8) is 0 Å². The van der Waals surface area contributed by atoms with E-state index < -0.39 is 5.56 Å². The van der Waals surface area contributed by atoms with Crippen molar-refractivity contribution in [2.45, 2.75) is 0 Å². The van der Waals surface area contributed by atoms with Gasteiger partial charge in [0.2, 0.25) is 5.88 Å². The number of H-pyrrole nitrogens is 1. The predicted octanol–water partition coefficient (Wildman–Crippen LogP) is 1.80. The van der Waals surface area contributed by atoms with Gasteiger partial charge in [0.15, 0.2) is 10.6 Å². The third-order valence-electron chi connectivity index (χ3n) is 3.05. The fraction of sp³-hybridized carbons (Fsp3) is 0.0769. The number of nitrogens with zero attached hydrogens (tertiary/aromatic N) is 3. The molecule has 0 unspecified atom stereocenters. The molecule has 0 amide bonds. The number of aromatic amines is 1. The Morgan fingerprint density at radius 1 is 1.50 bits per heavy atom. The molecule has 0 bridgehead atoms. The van der Waals surface area contributed by atoms with Gasteiger partial charge >= 0.3 is 0 Å². The zero-order valence-electron chi connectivity index (χ0n) is 10.5. The first-order valence-corrected chi connectivity index (χ1v) is 6.22. The van der Waals surface area contributed by atoms with Crippen LogP contribution in [0.15, 0.2) is 28.1 Å². The van der Waals surface area contributed by atoms with E-state index >= 15 is 0 Å². The van der Waals surface area contributed by atoms with E-state index in [0.717, 1.165) is 5.56 Å². The summed E-state index contributed by atoms with van der Waals surface area (Å²) in [5.41, 5.74) is 1.23. The van der Waals surface area contributed by atoms with Crippen LogP contribution < -0.4 is 5.56 Å². The van der Waals surface area contributed by atoms with Gasteiger partial charge in [-0.3, -0.25) is 14.3 Å². The average Bonchev–Trinajstić information content (AvgIpc) is 2.84. The van der Waals surface area contributed by atoms with E-state index in [2.05, 4.69) is 15.0 Å². The summed E-state index contributed by atoms with van der Waals surface area (Å²) in [5.74, 6) is 0.413. The molecule has 0 saturated heterocycles. The number of fused-ring (bicyclic) bond motifs is 1. The minimum absolute atomic E-state index is 0.138. The highest BCUT2D eigenvalue weighted by Gasteiger charge is 2.15. The number of hydrogen-bond acceptors (Lipinski definition) is 5. The Kier molecular flexibility index (Phi) is 2.83. The maximum atomic E-state index is 11.9. The van der Waals surface area contributed by atoms with Crippen LogP contribution >= 0.6 is 12.2 Å². The van der Waals surface area contributed by atoms with Crippen molar-refractivity contribution < 1.29 is 5.11 Å². The first-order chi connectivity index (χ1) is 9.58. The monoisotopic (exact) mass is 286 g/mol. The lowest BCUT2D eigenvalue weighted by molar-refractivity contribution is 0.419. The molecule has 0 aliphatic carbocycles.